The van der Waals surface area contributed by atoms with Gasteiger partial charge >= 0.3 is 5.97 Å². The second-order valence-corrected chi connectivity index (χ2v) is 6.18. The molecule has 0 N–H and O–H groups in total. The Morgan fingerprint density at radius 1 is 1.52 bits per heavy atom. The molecular weight excluding hydrogens is 290 g/mol. The summed E-state index contributed by atoms with van der Waals surface area (Å²) in [6, 6.07) is 7.90. The Morgan fingerprint density at radius 2 is 2.30 bits per heavy atom. The zero-order valence-electron chi connectivity index (χ0n) is 14.4. The minimum Gasteiger partial charge on any atom is -0.497 e. The van der Waals surface area contributed by atoms with Crippen molar-refractivity contribution in [3.05, 3.63) is 42.5 Å². The normalized spacial score (nSPS) is 24.9. The minimum absolute atomic E-state index is 0.161. The summed E-state index contributed by atoms with van der Waals surface area (Å²) in [5, 5.41) is 0. The first-order chi connectivity index (χ1) is 11.1. The van der Waals surface area contributed by atoms with Crippen LogP contribution in [0.1, 0.15) is 31.7 Å². The van der Waals surface area contributed by atoms with Crippen LogP contribution in [0.25, 0.3) is 0 Å². The predicted octanol–water partition coefficient (Wildman–Crippen LogP) is 3.37. The maximum Gasteiger partial charge on any atom is 0.306 e. The average molecular weight is 317 g/mol. The zero-order valence-corrected chi connectivity index (χ0v) is 14.4. The van der Waals surface area contributed by atoms with Gasteiger partial charge in [0.15, 0.2) is 0 Å². The van der Waals surface area contributed by atoms with E-state index in [4.69, 9.17) is 9.47 Å². The lowest BCUT2D eigenvalue weighted by atomic mass is 9.74. The molecule has 0 unspecified atom stereocenters. The van der Waals surface area contributed by atoms with E-state index in [0.29, 0.717) is 6.42 Å². The monoisotopic (exact) mass is 317 g/mol. The first-order valence-corrected chi connectivity index (χ1v) is 8.21. The van der Waals surface area contributed by atoms with Crippen molar-refractivity contribution in [1.29, 1.82) is 0 Å². The van der Waals surface area contributed by atoms with Crippen LogP contribution < -0.4 is 4.74 Å². The highest BCUT2D eigenvalue weighted by molar-refractivity contribution is 5.69. The number of hydrogen-bond donors (Lipinski definition) is 0. The Labute approximate surface area is 139 Å². The summed E-state index contributed by atoms with van der Waals surface area (Å²) in [4.78, 5) is 14.4. The largest absolute Gasteiger partial charge is 0.497 e. The lowest BCUT2D eigenvalue weighted by molar-refractivity contribution is -0.175. The summed E-state index contributed by atoms with van der Waals surface area (Å²) in [6.45, 7) is 7.49. The fraction of sp³-hybridized carbons (Fsp3) is 0.526. The summed E-state index contributed by atoms with van der Waals surface area (Å²) in [5.74, 6) is 0.804. The number of hydrogen-bond acceptors (Lipinski definition) is 4. The fourth-order valence-corrected chi connectivity index (χ4v) is 3.38. The van der Waals surface area contributed by atoms with Gasteiger partial charge < -0.3 is 14.4 Å². The van der Waals surface area contributed by atoms with Gasteiger partial charge in [-0.1, -0.05) is 25.1 Å². The third-order valence-corrected chi connectivity index (χ3v) is 4.65. The highest BCUT2D eigenvalue weighted by Gasteiger charge is 2.46. The molecule has 23 heavy (non-hydrogen) atoms. The van der Waals surface area contributed by atoms with Crippen molar-refractivity contribution in [3.8, 4) is 5.75 Å². The van der Waals surface area contributed by atoms with Crippen LogP contribution in [0, 0.1) is 5.92 Å². The van der Waals surface area contributed by atoms with Gasteiger partial charge in [0.05, 0.1) is 7.11 Å². The number of rotatable bonds is 6. The van der Waals surface area contributed by atoms with Crippen molar-refractivity contribution in [1.82, 2.24) is 4.90 Å². The van der Waals surface area contributed by atoms with Crippen LogP contribution in [-0.4, -0.2) is 38.1 Å². The van der Waals surface area contributed by atoms with Gasteiger partial charge in [-0.2, -0.15) is 0 Å². The second kappa shape index (κ2) is 7.64. The molecule has 4 heteroatoms. The van der Waals surface area contributed by atoms with Crippen LogP contribution in [0.4, 0.5) is 0 Å². The van der Waals surface area contributed by atoms with Gasteiger partial charge in [-0.05, 0) is 31.2 Å². The highest BCUT2D eigenvalue weighted by atomic mass is 16.6. The van der Waals surface area contributed by atoms with E-state index < -0.39 is 5.60 Å². The van der Waals surface area contributed by atoms with E-state index >= 15 is 0 Å². The molecule has 1 aliphatic rings. The van der Waals surface area contributed by atoms with Gasteiger partial charge in [-0.25, -0.2) is 0 Å². The van der Waals surface area contributed by atoms with Gasteiger partial charge in [0.1, 0.15) is 11.4 Å². The maximum atomic E-state index is 12.2. The summed E-state index contributed by atoms with van der Waals surface area (Å²) in [7, 11) is 3.76. The Balaban J connectivity index is 2.48. The van der Waals surface area contributed by atoms with Crippen molar-refractivity contribution >= 4 is 5.97 Å². The zero-order chi connectivity index (χ0) is 16.9. The standard InChI is InChI=1S/C19H27NO3/c1-5-8-16-14-20(3)12-11-19(16,23-18(21)6-2)15-9-7-10-17(13-15)22-4/h5,7,9-10,13,16H,1,6,8,11-12,14H2,2-4H3/t16-,19+/m0/s1. The molecule has 1 heterocycles. The van der Waals surface area contributed by atoms with Crippen LogP contribution in [0.15, 0.2) is 36.9 Å². The minimum atomic E-state index is -0.609. The molecule has 1 aromatic rings. The van der Waals surface area contributed by atoms with Crippen LogP contribution in [0.2, 0.25) is 0 Å². The first-order valence-electron chi connectivity index (χ1n) is 8.21. The van der Waals surface area contributed by atoms with Gasteiger partial charge in [0.25, 0.3) is 0 Å². The van der Waals surface area contributed by atoms with Crippen LogP contribution in [0.3, 0.4) is 0 Å². The summed E-state index contributed by atoms with van der Waals surface area (Å²) in [6.07, 6.45) is 3.88. The van der Waals surface area contributed by atoms with E-state index in [0.717, 1.165) is 37.2 Å². The molecule has 0 amide bonds. The summed E-state index contributed by atoms with van der Waals surface area (Å²) in [5.41, 5.74) is 0.404. The molecule has 0 spiro atoms. The van der Waals surface area contributed by atoms with E-state index in [9.17, 15) is 4.79 Å². The van der Waals surface area contributed by atoms with Gasteiger partial charge in [-0.3, -0.25) is 4.79 Å². The number of methoxy groups -OCH3 is 1. The second-order valence-electron chi connectivity index (χ2n) is 6.18. The molecule has 0 saturated carbocycles. The molecule has 0 aromatic heterocycles. The lowest BCUT2D eigenvalue weighted by Crippen LogP contribution is -2.51. The molecule has 1 fully saturated rings. The average Bonchev–Trinajstić information content (AvgIpc) is 2.57. The fourth-order valence-electron chi connectivity index (χ4n) is 3.38. The number of benzene rings is 1. The van der Waals surface area contributed by atoms with Crippen LogP contribution >= 0.6 is 0 Å². The molecule has 1 aromatic carbocycles. The van der Waals surface area contributed by atoms with Crippen LogP contribution in [-0.2, 0) is 15.1 Å². The molecule has 1 aliphatic heterocycles. The Morgan fingerprint density at radius 3 is 2.96 bits per heavy atom. The van der Waals surface area contributed by atoms with E-state index in [1.165, 1.54) is 0 Å². The number of ether oxygens (including phenoxy) is 2. The number of carbonyl (C=O) groups is 1. The van der Waals surface area contributed by atoms with Gasteiger partial charge in [-0.15, -0.1) is 6.58 Å². The number of carbonyl (C=O) groups excluding carboxylic acids is 1. The third-order valence-electron chi connectivity index (χ3n) is 4.65. The van der Waals surface area contributed by atoms with E-state index in [1.54, 1.807) is 7.11 Å². The van der Waals surface area contributed by atoms with Crippen molar-refractivity contribution in [3.63, 3.8) is 0 Å². The SMILES string of the molecule is C=CC[C@H]1CN(C)CC[C@@]1(OC(=O)CC)c1cccc(OC)c1. The molecule has 1 saturated heterocycles. The Hall–Kier alpha value is -1.81. The molecule has 2 rings (SSSR count). The van der Waals surface area contributed by atoms with Crippen molar-refractivity contribution in [2.45, 2.75) is 31.8 Å². The summed E-state index contributed by atoms with van der Waals surface area (Å²) < 4.78 is 11.4. The number of piperidine rings is 1. The van der Waals surface area contributed by atoms with E-state index in [-0.39, 0.29) is 11.9 Å². The number of likely N-dealkylation sites (tertiary alicyclic amines) is 1. The van der Waals surface area contributed by atoms with Crippen molar-refractivity contribution < 1.29 is 14.3 Å². The van der Waals surface area contributed by atoms with Gasteiger partial charge in [0, 0.05) is 31.8 Å². The van der Waals surface area contributed by atoms with E-state index in [1.807, 2.05) is 37.3 Å². The van der Waals surface area contributed by atoms with Crippen LogP contribution in [0.5, 0.6) is 5.75 Å². The predicted molar refractivity (Wildman–Crippen MR) is 91.5 cm³/mol. The molecule has 2 atom stereocenters. The number of esters is 1. The number of nitrogens with zero attached hydrogens (tertiary/aromatic N) is 1. The number of allylic oxidation sites excluding steroid dienone is 1. The Kier molecular flexibility index (Phi) is 5.83. The van der Waals surface area contributed by atoms with Crippen molar-refractivity contribution in [2.75, 3.05) is 27.2 Å². The smallest absolute Gasteiger partial charge is 0.306 e. The topological polar surface area (TPSA) is 38.8 Å². The molecule has 0 radical (unpaired) electrons. The Bertz CT molecular complexity index is 557. The van der Waals surface area contributed by atoms with Crippen molar-refractivity contribution in [2.24, 2.45) is 5.92 Å². The third kappa shape index (κ3) is 3.75. The lowest BCUT2D eigenvalue weighted by Gasteiger charge is -2.46. The highest BCUT2D eigenvalue weighted by Crippen LogP contribution is 2.43. The van der Waals surface area contributed by atoms with E-state index in [2.05, 4.69) is 18.5 Å². The molecule has 0 bridgehead atoms. The quantitative estimate of drug-likeness (QED) is 0.595. The molecular formula is C19H27NO3. The van der Waals surface area contributed by atoms with Gasteiger partial charge in [0.2, 0.25) is 0 Å². The summed E-state index contributed by atoms with van der Waals surface area (Å²) >= 11 is 0. The molecule has 0 aliphatic carbocycles. The maximum absolute atomic E-state index is 12.2. The molecule has 4 nitrogen and oxygen atoms in total. The first kappa shape index (κ1) is 17.5. The molecule has 126 valence electrons.